The van der Waals surface area contributed by atoms with E-state index in [1.807, 2.05) is 45.0 Å². The number of carbonyl (C=O) groups is 1. The van der Waals surface area contributed by atoms with E-state index in [4.69, 9.17) is 15.2 Å². The van der Waals surface area contributed by atoms with Gasteiger partial charge in [-0.25, -0.2) is 0 Å². The van der Waals surface area contributed by atoms with Gasteiger partial charge in [-0.15, -0.1) is 0 Å². The minimum Gasteiger partial charge on any atom is -0.497 e. The molecule has 0 heterocycles. The summed E-state index contributed by atoms with van der Waals surface area (Å²) in [5.41, 5.74) is 6.70. The van der Waals surface area contributed by atoms with Crippen LogP contribution in [0.5, 0.6) is 5.75 Å². The van der Waals surface area contributed by atoms with E-state index in [0.29, 0.717) is 0 Å². The first-order chi connectivity index (χ1) is 9.82. The van der Waals surface area contributed by atoms with Crippen molar-refractivity contribution >= 4 is 17.7 Å². The summed E-state index contributed by atoms with van der Waals surface area (Å²) in [5, 5.41) is 0. The van der Waals surface area contributed by atoms with E-state index in [2.05, 4.69) is 0 Å². The maximum Gasteiger partial charge on any atom is 0.311 e. The van der Waals surface area contributed by atoms with Gasteiger partial charge in [0.2, 0.25) is 0 Å². The van der Waals surface area contributed by atoms with Crippen LogP contribution in [0, 0.1) is 5.41 Å². The predicted molar refractivity (Wildman–Crippen MR) is 87.5 cm³/mol. The van der Waals surface area contributed by atoms with Gasteiger partial charge in [0, 0.05) is 17.5 Å². The fraction of sp³-hybridized carbons (Fsp3) is 0.562. The zero-order valence-corrected chi connectivity index (χ0v) is 14.0. The largest absolute Gasteiger partial charge is 0.497 e. The second kappa shape index (κ2) is 8.29. The van der Waals surface area contributed by atoms with Gasteiger partial charge in [0.05, 0.1) is 12.5 Å². The van der Waals surface area contributed by atoms with Crippen molar-refractivity contribution in [1.82, 2.24) is 0 Å². The van der Waals surface area contributed by atoms with Crippen LogP contribution >= 0.6 is 11.8 Å². The van der Waals surface area contributed by atoms with Crippen LogP contribution in [-0.4, -0.2) is 31.5 Å². The Morgan fingerprint density at radius 2 is 1.90 bits per heavy atom. The number of benzene rings is 1. The van der Waals surface area contributed by atoms with Crippen LogP contribution in [0.1, 0.15) is 26.3 Å². The van der Waals surface area contributed by atoms with Crippen LogP contribution in [0.15, 0.2) is 24.3 Å². The van der Waals surface area contributed by atoms with Crippen molar-refractivity contribution in [1.29, 1.82) is 0 Å². The molecule has 0 spiro atoms. The summed E-state index contributed by atoms with van der Waals surface area (Å²) in [4.78, 5) is 11.6. The highest BCUT2D eigenvalue weighted by atomic mass is 32.2. The van der Waals surface area contributed by atoms with E-state index in [1.165, 1.54) is 5.56 Å². The average molecular weight is 311 g/mol. The Morgan fingerprint density at radius 1 is 1.29 bits per heavy atom. The molecule has 0 aliphatic heterocycles. The van der Waals surface area contributed by atoms with Gasteiger partial charge in [0.1, 0.15) is 12.4 Å². The lowest BCUT2D eigenvalue weighted by Gasteiger charge is -2.18. The monoisotopic (exact) mass is 311 g/mol. The third-order valence-electron chi connectivity index (χ3n) is 2.80. The summed E-state index contributed by atoms with van der Waals surface area (Å²) in [6.07, 6.45) is 0. The van der Waals surface area contributed by atoms with Gasteiger partial charge in [-0.3, -0.25) is 4.79 Å². The Balaban J connectivity index is 2.24. The molecule has 0 amide bonds. The van der Waals surface area contributed by atoms with Crippen LogP contribution in [0.2, 0.25) is 0 Å². The fourth-order valence-electron chi connectivity index (χ4n) is 1.50. The van der Waals surface area contributed by atoms with E-state index in [-0.39, 0.29) is 18.6 Å². The lowest BCUT2D eigenvalue weighted by molar-refractivity contribution is -0.153. The molecule has 1 aromatic carbocycles. The molecule has 0 aromatic heterocycles. The van der Waals surface area contributed by atoms with Crippen LogP contribution in [-0.2, 0) is 15.3 Å². The second-order valence-electron chi connectivity index (χ2n) is 5.97. The van der Waals surface area contributed by atoms with Gasteiger partial charge >= 0.3 is 5.97 Å². The van der Waals surface area contributed by atoms with Crippen molar-refractivity contribution in [2.24, 2.45) is 11.1 Å². The molecule has 0 saturated carbocycles. The van der Waals surface area contributed by atoms with E-state index >= 15 is 0 Å². The molecule has 0 unspecified atom stereocenters. The Kier molecular flexibility index (Phi) is 7.05. The fourth-order valence-corrected chi connectivity index (χ4v) is 2.44. The Hall–Kier alpha value is -1.20. The number of thioether (sulfide) groups is 1. The number of esters is 1. The van der Waals surface area contributed by atoms with E-state index in [9.17, 15) is 4.79 Å². The minimum atomic E-state index is -0.476. The number of methoxy groups -OCH3 is 1. The Labute approximate surface area is 131 Å². The third-order valence-corrected chi connectivity index (χ3v) is 4.00. The molecule has 5 heteroatoms. The number of carbonyl (C=O) groups excluding carboxylic acids is 1. The smallest absolute Gasteiger partial charge is 0.311 e. The zero-order chi connectivity index (χ0) is 15.9. The molecule has 0 fully saturated rings. The van der Waals surface area contributed by atoms with Gasteiger partial charge in [-0.2, -0.15) is 11.8 Å². The van der Waals surface area contributed by atoms with E-state index in [1.54, 1.807) is 18.9 Å². The first-order valence-electron chi connectivity index (χ1n) is 6.96. The molecule has 2 N–H and O–H groups in total. The van der Waals surface area contributed by atoms with Crippen LogP contribution in [0.3, 0.4) is 0 Å². The minimum absolute atomic E-state index is 0.139. The van der Waals surface area contributed by atoms with Crippen molar-refractivity contribution in [2.75, 3.05) is 19.5 Å². The molecule has 118 valence electrons. The van der Waals surface area contributed by atoms with Crippen molar-refractivity contribution in [2.45, 2.75) is 32.6 Å². The van der Waals surface area contributed by atoms with E-state index < -0.39 is 5.41 Å². The predicted octanol–water partition coefficient (Wildman–Crippen LogP) is 2.85. The molecule has 1 rings (SSSR count). The normalized spacial score (nSPS) is 12.8. The first-order valence-corrected chi connectivity index (χ1v) is 8.12. The van der Waals surface area contributed by atoms with Gasteiger partial charge in [-0.1, -0.05) is 12.1 Å². The molecule has 4 nitrogen and oxygen atoms in total. The van der Waals surface area contributed by atoms with Crippen LogP contribution < -0.4 is 10.5 Å². The molecule has 0 aliphatic rings. The SMILES string of the molecule is COc1ccc(CSC[C@H](N)COC(=O)C(C)(C)C)cc1. The van der Waals surface area contributed by atoms with Crippen LogP contribution in [0.4, 0.5) is 0 Å². The lowest BCUT2D eigenvalue weighted by Crippen LogP contribution is -2.33. The van der Waals surface area contributed by atoms with Gasteiger partial charge in [0.15, 0.2) is 0 Å². The van der Waals surface area contributed by atoms with E-state index in [0.717, 1.165) is 17.3 Å². The van der Waals surface area contributed by atoms with Crippen molar-refractivity contribution in [3.63, 3.8) is 0 Å². The number of rotatable bonds is 7. The van der Waals surface area contributed by atoms with Crippen LogP contribution in [0.25, 0.3) is 0 Å². The topological polar surface area (TPSA) is 61.6 Å². The first kappa shape index (κ1) is 17.9. The van der Waals surface area contributed by atoms with Crippen molar-refractivity contribution in [3.8, 4) is 5.75 Å². The second-order valence-corrected chi connectivity index (χ2v) is 7.00. The molecule has 1 atom stereocenters. The molecule has 1 aromatic rings. The summed E-state index contributed by atoms with van der Waals surface area (Å²) in [6, 6.07) is 7.83. The molecular formula is C16H25NO3S. The standard InChI is InChI=1S/C16H25NO3S/c1-16(2,3)15(18)20-9-13(17)11-21-10-12-5-7-14(19-4)8-6-12/h5-8,13H,9-11,17H2,1-4H3/t13-/m1/s1. The highest BCUT2D eigenvalue weighted by molar-refractivity contribution is 7.98. The summed E-state index contributed by atoms with van der Waals surface area (Å²) >= 11 is 1.73. The summed E-state index contributed by atoms with van der Waals surface area (Å²) < 4.78 is 10.3. The Morgan fingerprint density at radius 3 is 2.43 bits per heavy atom. The molecule has 0 saturated heterocycles. The zero-order valence-electron chi connectivity index (χ0n) is 13.2. The molecule has 0 aliphatic carbocycles. The number of hydrogen-bond donors (Lipinski definition) is 1. The highest BCUT2D eigenvalue weighted by Gasteiger charge is 2.23. The summed E-state index contributed by atoms with van der Waals surface area (Å²) in [5.74, 6) is 2.28. The van der Waals surface area contributed by atoms with Gasteiger partial charge in [0.25, 0.3) is 0 Å². The molecule has 0 radical (unpaired) electrons. The third kappa shape index (κ3) is 6.87. The number of ether oxygens (including phenoxy) is 2. The number of nitrogens with two attached hydrogens (primary N) is 1. The van der Waals surface area contributed by atoms with Gasteiger partial charge < -0.3 is 15.2 Å². The maximum atomic E-state index is 11.6. The van der Waals surface area contributed by atoms with Gasteiger partial charge in [-0.05, 0) is 38.5 Å². The summed E-state index contributed by atoms with van der Waals surface area (Å²) in [6.45, 7) is 5.77. The molecular weight excluding hydrogens is 286 g/mol. The quantitative estimate of drug-likeness (QED) is 0.785. The lowest BCUT2D eigenvalue weighted by atomic mass is 9.97. The highest BCUT2D eigenvalue weighted by Crippen LogP contribution is 2.18. The van der Waals surface area contributed by atoms with Crippen molar-refractivity contribution < 1.29 is 14.3 Å². The Bertz CT molecular complexity index is 440. The number of hydrogen-bond acceptors (Lipinski definition) is 5. The summed E-state index contributed by atoms with van der Waals surface area (Å²) in [7, 11) is 1.65. The average Bonchev–Trinajstić information content (AvgIpc) is 2.44. The maximum absolute atomic E-state index is 11.6. The van der Waals surface area contributed by atoms with Crippen molar-refractivity contribution in [3.05, 3.63) is 29.8 Å². The molecule has 21 heavy (non-hydrogen) atoms. The molecule has 0 bridgehead atoms.